The van der Waals surface area contributed by atoms with Gasteiger partial charge in [-0.15, -0.1) is 0 Å². The quantitative estimate of drug-likeness (QED) is 0.695. The number of thiocarbonyl (C=S) groups is 1. The zero-order chi connectivity index (χ0) is 20.2. The van der Waals surface area contributed by atoms with Crippen molar-refractivity contribution >= 4 is 28.7 Å². The van der Waals surface area contributed by atoms with Crippen LogP contribution < -0.4 is 15.5 Å². The Labute approximate surface area is 181 Å². The Morgan fingerprint density at radius 1 is 1.10 bits per heavy atom. The molecular weight excluding hydrogens is 378 g/mol. The molecule has 1 unspecified atom stereocenters. The first-order valence-electron chi connectivity index (χ1n) is 11.4. The van der Waals surface area contributed by atoms with E-state index in [-0.39, 0.29) is 0 Å². The number of piperidine rings is 4. The fraction of sp³-hybridized carbons (Fsp3) is 0.696. The van der Waals surface area contributed by atoms with E-state index in [0.717, 1.165) is 29.2 Å². The molecule has 0 radical (unpaired) electrons. The molecule has 0 spiro atoms. The van der Waals surface area contributed by atoms with Gasteiger partial charge < -0.3 is 20.4 Å². The van der Waals surface area contributed by atoms with Gasteiger partial charge in [-0.25, -0.2) is 0 Å². The van der Waals surface area contributed by atoms with E-state index in [1.54, 1.807) is 0 Å². The van der Waals surface area contributed by atoms with Crippen LogP contribution >= 0.6 is 12.2 Å². The molecule has 4 aliphatic heterocycles. The monoisotopic (exact) mass is 415 g/mol. The summed E-state index contributed by atoms with van der Waals surface area (Å²) in [5.74, 6) is 1.77. The summed E-state index contributed by atoms with van der Waals surface area (Å²) in [6.07, 6.45) is 6.94. The summed E-state index contributed by atoms with van der Waals surface area (Å²) in [6, 6.07) is 9.02. The number of fused-ring (bicyclic) bond motifs is 3. The van der Waals surface area contributed by atoms with Crippen LogP contribution in [-0.4, -0.2) is 74.3 Å². The summed E-state index contributed by atoms with van der Waals surface area (Å²) in [5.41, 5.74) is 2.24. The topological polar surface area (TPSA) is 33.8 Å². The number of likely N-dealkylation sites (tertiary alicyclic amines) is 1. The molecule has 1 aromatic carbocycles. The Morgan fingerprint density at radius 2 is 1.86 bits per heavy atom. The fourth-order valence-corrected chi connectivity index (χ4v) is 5.57. The second-order valence-corrected chi connectivity index (χ2v) is 9.74. The summed E-state index contributed by atoms with van der Waals surface area (Å²) in [6.45, 7) is 7.46. The van der Waals surface area contributed by atoms with Crippen molar-refractivity contribution in [2.75, 3.05) is 63.6 Å². The van der Waals surface area contributed by atoms with Crippen LogP contribution in [0, 0.1) is 11.8 Å². The summed E-state index contributed by atoms with van der Waals surface area (Å²) in [4.78, 5) is 7.55. The van der Waals surface area contributed by atoms with E-state index in [1.165, 1.54) is 70.5 Å². The minimum atomic E-state index is 0.627. The van der Waals surface area contributed by atoms with E-state index in [2.05, 4.69) is 63.7 Å². The van der Waals surface area contributed by atoms with Crippen molar-refractivity contribution in [2.45, 2.75) is 38.1 Å². The summed E-state index contributed by atoms with van der Waals surface area (Å²) in [7, 11) is 4.11. The lowest BCUT2D eigenvalue weighted by atomic mass is 9.75. The Morgan fingerprint density at radius 3 is 2.52 bits per heavy atom. The first kappa shape index (κ1) is 20.9. The van der Waals surface area contributed by atoms with Gasteiger partial charge in [-0.1, -0.05) is 6.42 Å². The van der Waals surface area contributed by atoms with Crippen molar-refractivity contribution in [3.05, 3.63) is 24.3 Å². The maximum absolute atomic E-state index is 5.55. The van der Waals surface area contributed by atoms with Crippen LogP contribution in [0.25, 0.3) is 0 Å². The minimum Gasteiger partial charge on any atom is -0.378 e. The average molecular weight is 416 g/mol. The van der Waals surface area contributed by atoms with Gasteiger partial charge in [0.2, 0.25) is 0 Å². The molecule has 29 heavy (non-hydrogen) atoms. The fourth-order valence-electron chi connectivity index (χ4n) is 5.37. The molecule has 4 atom stereocenters. The molecule has 4 aliphatic rings. The van der Waals surface area contributed by atoms with Crippen LogP contribution in [0.3, 0.4) is 0 Å². The van der Waals surface area contributed by atoms with E-state index in [4.69, 9.17) is 12.2 Å². The van der Waals surface area contributed by atoms with Crippen molar-refractivity contribution < 1.29 is 0 Å². The van der Waals surface area contributed by atoms with Gasteiger partial charge in [0.05, 0.1) is 0 Å². The third kappa shape index (κ3) is 5.41. The molecule has 4 saturated heterocycles. The Bertz CT molecular complexity index is 670. The number of hydrogen-bond donors (Lipinski definition) is 2. The SMILES string of the molecule is CN(C)c1ccc(NC(=S)NC[C@@H]2C[C@H]3CCN2C[C@@H]3CN2CCCCC2)cc1. The van der Waals surface area contributed by atoms with Gasteiger partial charge in [-0.2, -0.15) is 0 Å². The Balaban J connectivity index is 1.22. The molecule has 5 rings (SSSR count). The van der Waals surface area contributed by atoms with Crippen LogP contribution in [0.4, 0.5) is 11.4 Å². The highest BCUT2D eigenvalue weighted by Crippen LogP contribution is 2.36. The summed E-state index contributed by atoms with van der Waals surface area (Å²) < 4.78 is 0. The Hall–Kier alpha value is -1.37. The van der Waals surface area contributed by atoms with Crippen molar-refractivity contribution in [1.82, 2.24) is 15.1 Å². The molecule has 0 amide bonds. The number of nitrogens with zero attached hydrogens (tertiary/aromatic N) is 3. The molecule has 5 nitrogen and oxygen atoms in total. The van der Waals surface area contributed by atoms with E-state index in [9.17, 15) is 0 Å². The van der Waals surface area contributed by atoms with E-state index in [0.29, 0.717) is 6.04 Å². The molecule has 2 bridgehead atoms. The summed E-state index contributed by atoms with van der Waals surface area (Å²) in [5, 5.41) is 7.54. The molecular formula is C23H37N5S. The standard InChI is InChI=1S/C23H37N5S/c1-26(2)21-8-6-20(7-9-21)25-23(29)24-15-22-14-18-10-13-28(22)17-19(18)16-27-11-4-3-5-12-27/h6-9,18-19,22H,3-5,10-17H2,1-2H3,(H2,24,25,29)/t18-,19+,22+/m1/s1. The predicted octanol–water partition coefficient (Wildman–Crippen LogP) is 3.24. The zero-order valence-electron chi connectivity index (χ0n) is 18.1. The van der Waals surface area contributed by atoms with Crippen LogP contribution in [-0.2, 0) is 0 Å². The summed E-state index contributed by atoms with van der Waals surface area (Å²) >= 11 is 5.55. The highest BCUT2D eigenvalue weighted by atomic mass is 32.1. The normalized spacial score (nSPS) is 29.4. The van der Waals surface area contributed by atoms with Gasteiger partial charge in [-0.3, -0.25) is 4.90 Å². The zero-order valence-corrected chi connectivity index (χ0v) is 18.9. The largest absolute Gasteiger partial charge is 0.378 e. The molecule has 2 N–H and O–H groups in total. The molecule has 6 heteroatoms. The molecule has 0 saturated carbocycles. The molecule has 4 fully saturated rings. The van der Waals surface area contributed by atoms with Crippen LogP contribution in [0.15, 0.2) is 24.3 Å². The van der Waals surface area contributed by atoms with Crippen LogP contribution in [0.1, 0.15) is 32.1 Å². The van der Waals surface area contributed by atoms with Crippen molar-refractivity contribution in [3.63, 3.8) is 0 Å². The third-order valence-corrected chi connectivity index (χ3v) is 7.34. The van der Waals surface area contributed by atoms with E-state index < -0.39 is 0 Å². The maximum atomic E-state index is 5.55. The minimum absolute atomic E-state index is 0.627. The number of anilines is 2. The second kappa shape index (κ2) is 9.63. The molecule has 1 aromatic rings. The van der Waals surface area contributed by atoms with Gasteiger partial charge in [0.15, 0.2) is 5.11 Å². The first-order valence-corrected chi connectivity index (χ1v) is 11.8. The van der Waals surface area contributed by atoms with Gasteiger partial charge in [0, 0.05) is 51.1 Å². The van der Waals surface area contributed by atoms with E-state index in [1.807, 2.05) is 0 Å². The first-order chi connectivity index (χ1) is 14.1. The molecule has 160 valence electrons. The van der Waals surface area contributed by atoms with Gasteiger partial charge in [0.1, 0.15) is 0 Å². The third-order valence-electron chi connectivity index (χ3n) is 7.10. The smallest absolute Gasteiger partial charge is 0.170 e. The van der Waals surface area contributed by atoms with Crippen molar-refractivity contribution in [2.24, 2.45) is 11.8 Å². The lowest BCUT2D eigenvalue weighted by molar-refractivity contribution is -0.0124. The predicted molar refractivity (Wildman–Crippen MR) is 127 cm³/mol. The number of rotatable bonds is 6. The highest BCUT2D eigenvalue weighted by Gasteiger charge is 2.40. The van der Waals surface area contributed by atoms with E-state index >= 15 is 0 Å². The molecule has 0 aliphatic carbocycles. The lowest BCUT2D eigenvalue weighted by Crippen LogP contribution is -2.58. The van der Waals surface area contributed by atoms with Gasteiger partial charge >= 0.3 is 0 Å². The maximum Gasteiger partial charge on any atom is 0.170 e. The number of hydrogen-bond acceptors (Lipinski definition) is 4. The molecule has 4 heterocycles. The second-order valence-electron chi connectivity index (χ2n) is 9.33. The van der Waals surface area contributed by atoms with Crippen LogP contribution in [0.5, 0.6) is 0 Å². The van der Waals surface area contributed by atoms with Crippen molar-refractivity contribution in [3.8, 4) is 0 Å². The highest BCUT2D eigenvalue weighted by molar-refractivity contribution is 7.80. The number of nitrogens with one attached hydrogen (secondary N) is 2. The van der Waals surface area contributed by atoms with Gasteiger partial charge in [0.25, 0.3) is 0 Å². The lowest BCUT2D eigenvalue weighted by Gasteiger charge is -2.51. The van der Waals surface area contributed by atoms with Gasteiger partial charge in [-0.05, 0) is 93.6 Å². The number of benzene rings is 1. The van der Waals surface area contributed by atoms with Crippen LogP contribution in [0.2, 0.25) is 0 Å². The Kier molecular flexibility index (Phi) is 6.93. The average Bonchev–Trinajstić information content (AvgIpc) is 2.74. The van der Waals surface area contributed by atoms with Crippen molar-refractivity contribution in [1.29, 1.82) is 0 Å². The molecule has 0 aromatic heterocycles.